The summed E-state index contributed by atoms with van der Waals surface area (Å²) in [7, 11) is 0. The number of hydrogen-bond donors (Lipinski definition) is 1. The summed E-state index contributed by atoms with van der Waals surface area (Å²) in [5.74, 6) is 1.01. The van der Waals surface area contributed by atoms with Gasteiger partial charge < -0.3 is 14.7 Å². The van der Waals surface area contributed by atoms with Gasteiger partial charge in [0.2, 0.25) is 0 Å². The fraction of sp³-hybridized carbons (Fsp3) is 0.667. The average molecular weight is 343 g/mol. The van der Waals surface area contributed by atoms with E-state index >= 15 is 0 Å². The number of nitrogens with zero attached hydrogens (tertiary/aromatic N) is 1. The van der Waals surface area contributed by atoms with Crippen LogP contribution in [0.5, 0.6) is 5.75 Å². The second-order valence-corrected chi connectivity index (χ2v) is 8.07. The third-order valence-electron chi connectivity index (χ3n) is 6.43. The monoisotopic (exact) mass is 343 g/mol. The van der Waals surface area contributed by atoms with Crippen LogP contribution in [0.1, 0.15) is 68.1 Å². The number of aliphatic hydroxyl groups is 1. The number of hydrogen-bond acceptors (Lipinski definition) is 3. The number of fused-ring (bicyclic) bond motifs is 1. The Morgan fingerprint density at radius 2 is 1.84 bits per heavy atom. The first-order valence-corrected chi connectivity index (χ1v) is 9.93. The highest BCUT2D eigenvalue weighted by Gasteiger charge is 2.44. The number of benzene rings is 1. The summed E-state index contributed by atoms with van der Waals surface area (Å²) in [6.45, 7) is 1.32. The Hall–Kier alpha value is -1.55. The van der Waals surface area contributed by atoms with E-state index in [0.717, 1.165) is 44.3 Å². The molecule has 0 spiro atoms. The summed E-state index contributed by atoms with van der Waals surface area (Å²) >= 11 is 0. The highest BCUT2D eigenvalue weighted by molar-refractivity contribution is 5.97. The normalized spacial score (nSPS) is 30.1. The van der Waals surface area contributed by atoms with E-state index in [1.54, 1.807) is 0 Å². The molecule has 4 rings (SSSR count). The molecule has 1 N–H and O–H groups in total. The molecule has 1 aromatic rings. The minimum absolute atomic E-state index is 0.0567. The van der Waals surface area contributed by atoms with Gasteiger partial charge >= 0.3 is 0 Å². The van der Waals surface area contributed by atoms with Gasteiger partial charge in [-0.1, -0.05) is 25.0 Å². The first kappa shape index (κ1) is 16.9. The van der Waals surface area contributed by atoms with E-state index in [4.69, 9.17) is 4.74 Å². The van der Waals surface area contributed by atoms with Crippen LogP contribution in [-0.4, -0.2) is 40.7 Å². The topological polar surface area (TPSA) is 49.8 Å². The molecule has 4 heteroatoms. The van der Waals surface area contributed by atoms with Crippen LogP contribution in [0.4, 0.5) is 0 Å². The fourth-order valence-corrected chi connectivity index (χ4v) is 4.86. The molecule has 0 radical (unpaired) electrons. The summed E-state index contributed by atoms with van der Waals surface area (Å²) in [6.07, 6.45) is 9.74. The molecule has 1 aliphatic heterocycles. The highest BCUT2D eigenvalue weighted by Crippen LogP contribution is 2.40. The van der Waals surface area contributed by atoms with Gasteiger partial charge in [-0.15, -0.1) is 0 Å². The molecule has 3 aliphatic rings. The number of piperidine rings is 1. The van der Waals surface area contributed by atoms with Crippen molar-refractivity contribution in [2.45, 2.75) is 69.5 Å². The Morgan fingerprint density at radius 1 is 1.08 bits per heavy atom. The van der Waals surface area contributed by atoms with Gasteiger partial charge in [0.25, 0.3) is 5.91 Å². The lowest BCUT2D eigenvalue weighted by molar-refractivity contribution is -0.0886. The van der Waals surface area contributed by atoms with Gasteiger partial charge in [-0.3, -0.25) is 4.79 Å². The quantitative estimate of drug-likeness (QED) is 0.909. The molecule has 136 valence electrons. The molecule has 0 unspecified atom stereocenters. The number of ether oxygens (including phenoxy) is 1. The first-order valence-electron chi connectivity index (χ1n) is 9.93. The summed E-state index contributed by atoms with van der Waals surface area (Å²) < 4.78 is 6.15. The second-order valence-electron chi connectivity index (χ2n) is 8.07. The number of para-hydroxylation sites is 1. The van der Waals surface area contributed by atoms with Crippen LogP contribution in [-0.2, 0) is 0 Å². The summed E-state index contributed by atoms with van der Waals surface area (Å²) in [5, 5.41) is 10.8. The van der Waals surface area contributed by atoms with Crippen molar-refractivity contribution < 1.29 is 14.6 Å². The summed E-state index contributed by atoms with van der Waals surface area (Å²) in [6, 6.07) is 7.66. The Bertz CT molecular complexity index is 625. The SMILES string of the molecule is O=C(c1ccccc1OC1CCCC1)N1CC[C@@]2(O)CCCC[C@H]2C1. The molecular formula is C21H29NO3. The van der Waals surface area contributed by atoms with Gasteiger partial charge in [0.1, 0.15) is 5.75 Å². The largest absolute Gasteiger partial charge is 0.490 e. The molecule has 2 atom stereocenters. The molecule has 2 aliphatic carbocycles. The minimum Gasteiger partial charge on any atom is -0.490 e. The van der Waals surface area contributed by atoms with Crippen molar-refractivity contribution in [2.75, 3.05) is 13.1 Å². The van der Waals surface area contributed by atoms with E-state index in [0.29, 0.717) is 25.1 Å². The molecule has 3 fully saturated rings. The molecule has 25 heavy (non-hydrogen) atoms. The van der Waals surface area contributed by atoms with Crippen LogP contribution < -0.4 is 4.74 Å². The highest BCUT2D eigenvalue weighted by atomic mass is 16.5. The van der Waals surface area contributed by atoms with Crippen molar-refractivity contribution in [2.24, 2.45) is 5.92 Å². The van der Waals surface area contributed by atoms with Gasteiger partial charge in [-0.05, 0) is 57.1 Å². The maximum Gasteiger partial charge on any atom is 0.257 e. The van der Waals surface area contributed by atoms with Gasteiger partial charge in [-0.25, -0.2) is 0 Å². The molecule has 1 aromatic carbocycles. The van der Waals surface area contributed by atoms with Crippen LogP contribution in [0.15, 0.2) is 24.3 Å². The van der Waals surface area contributed by atoms with Crippen molar-refractivity contribution in [3.8, 4) is 5.75 Å². The lowest BCUT2D eigenvalue weighted by Gasteiger charge is -2.47. The number of amides is 1. The summed E-state index contributed by atoms with van der Waals surface area (Å²) in [4.78, 5) is 15.1. The van der Waals surface area contributed by atoms with E-state index < -0.39 is 5.60 Å². The predicted molar refractivity (Wildman–Crippen MR) is 96.8 cm³/mol. The standard InChI is InChI=1S/C21H29NO3/c23-20(22-14-13-21(24)12-6-5-7-16(21)15-22)18-10-3-4-11-19(18)25-17-8-1-2-9-17/h3-4,10-11,16-17,24H,1-2,5-9,12-15H2/t16-,21-/m0/s1. The van der Waals surface area contributed by atoms with E-state index in [1.165, 1.54) is 12.8 Å². The zero-order valence-corrected chi connectivity index (χ0v) is 15.0. The Kier molecular flexibility index (Phi) is 4.72. The van der Waals surface area contributed by atoms with Gasteiger partial charge in [0, 0.05) is 19.0 Å². The molecule has 0 aromatic heterocycles. The Labute approximate surface area is 150 Å². The van der Waals surface area contributed by atoms with Crippen LogP contribution in [0.25, 0.3) is 0 Å². The molecule has 1 heterocycles. The van der Waals surface area contributed by atoms with Gasteiger partial charge in [0.15, 0.2) is 0 Å². The molecule has 1 saturated heterocycles. The zero-order valence-electron chi connectivity index (χ0n) is 15.0. The zero-order chi connectivity index (χ0) is 17.3. The third kappa shape index (κ3) is 3.41. The third-order valence-corrected chi connectivity index (χ3v) is 6.43. The molecular weight excluding hydrogens is 314 g/mol. The number of carbonyl (C=O) groups is 1. The fourth-order valence-electron chi connectivity index (χ4n) is 4.86. The van der Waals surface area contributed by atoms with Crippen molar-refractivity contribution in [1.82, 2.24) is 4.90 Å². The Balaban J connectivity index is 1.49. The van der Waals surface area contributed by atoms with Crippen molar-refractivity contribution in [3.05, 3.63) is 29.8 Å². The van der Waals surface area contributed by atoms with Crippen LogP contribution >= 0.6 is 0 Å². The first-order chi connectivity index (χ1) is 12.2. The maximum absolute atomic E-state index is 13.1. The lowest BCUT2D eigenvalue weighted by Crippen LogP contribution is -2.54. The van der Waals surface area contributed by atoms with Crippen molar-refractivity contribution in [1.29, 1.82) is 0 Å². The van der Waals surface area contributed by atoms with Gasteiger partial charge in [0.05, 0.1) is 17.3 Å². The van der Waals surface area contributed by atoms with E-state index in [-0.39, 0.29) is 17.9 Å². The number of likely N-dealkylation sites (tertiary alicyclic amines) is 1. The Morgan fingerprint density at radius 3 is 2.68 bits per heavy atom. The summed E-state index contributed by atoms with van der Waals surface area (Å²) in [5.41, 5.74) is 0.130. The maximum atomic E-state index is 13.1. The molecule has 1 amide bonds. The minimum atomic E-state index is -0.547. The average Bonchev–Trinajstić information content (AvgIpc) is 3.14. The molecule has 4 nitrogen and oxygen atoms in total. The predicted octanol–water partition coefficient (Wildman–Crippen LogP) is 3.78. The van der Waals surface area contributed by atoms with Gasteiger partial charge in [-0.2, -0.15) is 0 Å². The number of rotatable bonds is 3. The van der Waals surface area contributed by atoms with Crippen LogP contribution in [0.3, 0.4) is 0 Å². The van der Waals surface area contributed by atoms with Crippen LogP contribution in [0, 0.1) is 5.92 Å². The second kappa shape index (κ2) is 6.99. The van der Waals surface area contributed by atoms with E-state index in [1.807, 2.05) is 29.2 Å². The van der Waals surface area contributed by atoms with Crippen molar-refractivity contribution >= 4 is 5.91 Å². The molecule has 0 bridgehead atoms. The van der Waals surface area contributed by atoms with E-state index in [9.17, 15) is 9.90 Å². The smallest absolute Gasteiger partial charge is 0.257 e. The van der Waals surface area contributed by atoms with Crippen LogP contribution in [0.2, 0.25) is 0 Å². The number of carbonyl (C=O) groups excluding carboxylic acids is 1. The molecule has 2 saturated carbocycles. The van der Waals surface area contributed by atoms with Crippen molar-refractivity contribution in [3.63, 3.8) is 0 Å². The van der Waals surface area contributed by atoms with E-state index in [2.05, 4.69) is 0 Å². The lowest BCUT2D eigenvalue weighted by atomic mass is 9.71.